The monoisotopic (exact) mass is 473 g/mol. The minimum atomic E-state index is -0.0253. The second-order valence-corrected chi connectivity index (χ2v) is 10.3. The molecule has 8 heteroatoms. The first-order chi connectivity index (χ1) is 16.4. The standard InChI is InChI=1S/C26H43N5O3/c1-29-14-16-31(17-15-29)12-5-11-27-25(32)28-21-8-9-26(10-13-30(2)24(26)19-21)20-6-7-22(33-3)23(18-20)34-4/h6-7,18,21,24H,5,8-17,19H2,1-4H3,(H2,27,28,32). The van der Waals surface area contributed by atoms with Gasteiger partial charge in [-0.1, -0.05) is 6.07 Å². The van der Waals surface area contributed by atoms with Crippen LogP contribution in [-0.2, 0) is 5.41 Å². The van der Waals surface area contributed by atoms with E-state index in [0.29, 0.717) is 6.04 Å². The largest absolute Gasteiger partial charge is 0.493 e. The topological polar surface area (TPSA) is 69.3 Å². The molecule has 34 heavy (non-hydrogen) atoms. The van der Waals surface area contributed by atoms with Crippen molar-refractivity contribution in [2.75, 3.05) is 74.1 Å². The Kier molecular flexibility index (Phi) is 8.22. The van der Waals surface area contributed by atoms with Gasteiger partial charge in [0.05, 0.1) is 14.2 Å². The number of nitrogens with one attached hydrogen (secondary N) is 2. The summed E-state index contributed by atoms with van der Waals surface area (Å²) in [6.07, 6.45) is 5.16. The summed E-state index contributed by atoms with van der Waals surface area (Å²) in [5, 5.41) is 6.35. The first-order valence-corrected chi connectivity index (χ1v) is 12.8. The fraction of sp³-hybridized carbons (Fsp3) is 0.731. The van der Waals surface area contributed by atoms with Crippen molar-refractivity contribution in [2.24, 2.45) is 0 Å². The summed E-state index contributed by atoms with van der Waals surface area (Å²) >= 11 is 0. The number of amides is 2. The van der Waals surface area contributed by atoms with Gasteiger partial charge in [0.15, 0.2) is 11.5 Å². The predicted molar refractivity (Wildman–Crippen MR) is 135 cm³/mol. The summed E-state index contributed by atoms with van der Waals surface area (Å²) < 4.78 is 11.0. The molecule has 1 saturated carbocycles. The molecule has 2 aliphatic heterocycles. The number of carbonyl (C=O) groups excluding carboxylic acids is 1. The number of rotatable bonds is 8. The van der Waals surface area contributed by atoms with Gasteiger partial charge in [-0.25, -0.2) is 4.79 Å². The second-order valence-electron chi connectivity index (χ2n) is 10.3. The number of methoxy groups -OCH3 is 2. The number of fused-ring (bicyclic) bond motifs is 1. The molecule has 4 rings (SSSR count). The van der Waals surface area contributed by atoms with Crippen LogP contribution in [0.1, 0.15) is 37.7 Å². The van der Waals surface area contributed by atoms with E-state index in [4.69, 9.17) is 9.47 Å². The molecule has 3 unspecified atom stereocenters. The Morgan fingerprint density at radius 3 is 2.56 bits per heavy atom. The lowest BCUT2D eigenvalue weighted by Gasteiger charge is -2.45. The maximum absolute atomic E-state index is 12.6. The Morgan fingerprint density at radius 2 is 1.82 bits per heavy atom. The zero-order valence-corrected chi connectivity index (χ0v) is 21.4. The zero-order chi connectivity index (χ0) is 24.1. The Bertz CT molecular complexity index is 829. The van der Waals surface area contributed by atoms with E-state index in [1.807, 2.05) is 6.07 Å². The highest BCUT2D eigenvalue weighted by atomic mass is 16.5. The number of hydrogen-bond donors (Lipinski definition) is 2. The van der Waals surface area contributed by atoms with Gasteiger partial charge in [-0.15, -0.1) is 0 Å². The first kappa shape index (κ1) is 25.1. The Hall–Kier alpha value is -2.03. The highest BCUT2D eigenvalue weighted by Crippen LogP contribution is 2.49. The molecule has 2 amide bonds. The smallest absolute Gasteiger partial charge is 0.315 e. The van der Waals surface area contributed by atoms with Gasteiger partial charge < -0.3 is 34.8 Å². The molecule has 190 valence electrons. The lowest BCUT2D eigenvalue weighted by Crippen LogP contribution is -2.53. The maximum atomic E-state index is 12.6. The third-order valence-corrected chi connectivity index (χ3v) is 8.35. The molecule has 8 nitrogen and oxygen atoms in total. The van der Waals surface area contributed by atoms with Crippen LogP contribution >= 0.6 is 0 Å². The average Bonchev–Trinajstić information content (AvgIpc) is 3.19. The Labute approximate surface area is 204 Å². The van der Waals surface area contributed by atoms with Crippen LogP contribution in [0, 0.1) is 0 Å². The number of nitrogens with zero attached hydrogens (tertiary/aromatic N) is 3. The first-order valence-electron chi connectivity index (χ1n) is 12.8. The van der Waals surface area contributed by atoms with Crippen LogP contribution in [0.3, 0.4) is 0 Å². The molecule has 3 fully saturated rings. The van der Waals surface area contributed by atoms with E-state index in [1.54, 1.807) is 14.2 Å². The molecule has 1 aromatic carbocycles. The third kappa shape index (κ3) is 5.44. The maximum Gasteiger partial charge on any atom is 0.315 e. The number of likely N-dealkylation sites (tertiary alicyclic amines) is 1. The van der Waals surface area contributed by atoms with Crippen molar-refractivity contribution in [3.05, 3.63) is 23.8 Å². The molecular weight excluding hydrogens is 430 g/mol. The fourth-order valence-electron chi connectivity index (χ4n) is 6.21. The summed E-state index contributed by atoms with van der Waals surface area (Å²) in [6.45, 7) is 7.38. The molecule has 2 heterocycles. The molecule has 2 N–H and O–H groups in total. The normalized spacial score (nSPS) is 28.4. The van der Waals surface area contributed by atoms with E-state index < -0.39 is 0 Å². The molecular formula is C26H43N5O3. The SMILES string of the molecule is COc1ccc(C23CCC(NC(=O)NCCCN4CCN(C)CC4)CC2N(C)CC3)cc1OC. The van der Waals surface area contributed by atoms with E-state index >= 15 is 0 Å². The van der Waals surface area contributed by atoms with Crippen molar-refractivity contribution in [1.29, 1.82) is 0 Å². The minimum absolute atomic E-state index is 0.0253. The molecule has 3 atom stereocenters. The van der Waals surface area contributed by atoms with Crippen molar-refractivity contribution in [3.8, 4) is 11.5 Å². The molecule has 2 saturated heterocycles. The van der Waals surface area contributed by atoms with Gasteiger partial charge in [0.1, 0.15) is 0 Å². The number of likely N-dealkylation sites (N-methyl/N-ethyl adjacent to an activating group) is 2. The van der Waals surface area contributed by atoms with Gasteiger partial charge in [-0.05, 0) is 77.0 Å². The van der Waals surface area contributed by atoms with Crippen LogP contribution in [-0.4, -0.2) is 107 Å². The van der Waals surface area contributed by atoms with Crippen molar-refractivity contribution in [1.82, 2.24) is 25.3 Å². The predicted octanol–water partition coefficient (Wildman–Crippen LogP) is 2.13. The van der Waals surface area contributed by atoms with Gasteiger partial charge in [-0.3, -0.25) is 0 Å². The Balaban J connectivity index is 1.29. The van der Waals surface area contributed by atoms with E-state index in [-0.39, 0.29) is 17.5 Å². The van der Waals surface area contributed by atoms with Gasteiger partial charge >= 0.3 is 6.03 Å². The molecule has 1 aliphatic carbocycles. The average molecular weight is 474 g/mol. The molecule has 0 bridgehead atoms. The number of piperazine rings is 1. The third-order valence-electron chi connectivity index (χ3n) is 8.35. The Morgan fingerprint density at radius 1 is 1.06 bits per heavy atom. The molecule has 3 aliphatic rings. The second kappa shape index (κ2) is 11.1. The van der Waals surface area contributed by atoms with Crippen LogP contribution < -0.4 is 20.1 Å². The zero-order valence-electron chi connectivity index (χ0n) is 21.4. The summed E-state index contributed by atoms with van der Waals surface area (Å²) in [5.41, 5.74) is 1.43. The summed E-state index contributed by atoms with van der Waals surface area (Å²) in [6, 6.07) is 6.97. The van der Waals surface area contributed by atoms with Crippen molar-refractivity contribution < 1.29 is 14.3 Å². The number of ether oxygens (including phenoxy) is 2. The fourth-order valence-corrected chi connectivity index (χ4v) is 6.21. The van der Waals surface area contributed by atoms with E-state index in [2.05, 4.69) is 51.6 Å². The van der Waals surface area contributed by atoms with Gasteiger partial charge in [0, 0.05) is 50.2 Å². The van der Waals surface area contributed by atoms with Crippen LogP contribution in [0.4, 0.5) is 4.79 Å². The van der Waals surface area contributed by atoms with Crippen LogP contribution in [0.25, 0.3) is 0 Å². The van der Waals surface area contributed by atoms with Crippen molar-refractivity contribution in [3.63, 3.8) is 0 Å². The van der Waals surface area contributed by atoms with E-state index in [9.17, 15) is 4.79 Å². The van der Waals surface area contributed by atoms with Crippen LogP contribution in [0.2, 0.25) is 0 Å². The quantitative estimate of drug-likeness (QED) is 0.564. The van der Waals surface area contributed by atoms with Crippen LogP contribution in [0.15, 0.2) is 18.2 Å². The molecule has 1 aromatic rings. The summed E-state index contributed by atoms with van der Waals surface area (Å²) in [7, 11) is 7.77. The number of urea groups is 1. The van der Waals surface area contributed by atoms with E-state index in [1.165, 1.54) is 5.56 Å². The highest BCUT2D eigenvalue weighted by molar-refractivity contribution is 5.74. The van der Waals surface area contributed by atoms with Gasteiger partial charge in [0.25, 0.3) is 0 Å². The minimum Gasteiger partial charge on any atom is -0.493 e. The van der Waals surface area contributed by atoms with Crippen LogP contribution in [0.5, 0.6) is 11.5 Å². The number of benzene rings is 1. The highest BCUT2D eigenvalue weighted by Gasteiger charge is 2.50. The number of hydrogen-bond acceptors (Lipinski definition) is 6. The lowest BCUT2D eigenvalue weighted by atomic mass is 9.65. The number of carbonyl (C=O) groups is 1. The van der Waals surface area contributed by atoms with Gasteiger partial charge in [-0.2, -0.15) is 0 Å². The van der Waals surface area contributed by atoms with Gasteiger partial charge in [0.2, 0.25) is 0 Å². The molecule has 0 radical (unpaired) electrons. The van der Waals surface area contributed by atoms with Crippen molar-refractivity contribution in [2.45, 2.75) is 49.6 Å². The lowest BCUT2D eigenvalue weighted by molar-refractivity contribution is 0.151. The summed E-state index contributed by atoms with van der Waals surface area (Å²) in [5.74, 6) is 1.56. The van der Waals surface area contributed by atoms with E-state index in [0.717, 1.165) is 89.4 Å². The van der Waals surface area contributed by atoms with Crippen molar-refractivity contribution >= 4 is 6.03 Å². The molecule has 0 aromatic heterocycles. The molecule has 0 spiro atoms. The summed E-state index contributed by atoms with van der Waals surface area (Å²) in [4.78, 5) is 19.9.